The van der Waals surface area contributed by atoms with Crippen molar-refractivity contribution < 1.29 is 14.3 Å². The van der Waals surface area contributed by atoms with Crippen molar-refractivity contribution >= 4 is 23.6 Å². The second kappa shape index (κ2) is 5.55. The molecule has 3 rings (SSSR count). The van der Waals surface area contributed by atoms with Crippen molar-refractivity contribution in [3.63, 3.8) is 0 Å². The molecule has 1 unspecified atom stereocenters. The zero-order valence-electron chi connectivity index (χ0n) is 10.8. The molecule has 1 atom stereocenters. The lowest BCUT2D eigenvalue weighted by Crippen LogP contribution is -2.40. The first-order valence-corrected chi connectivity index (χ1v) is 6.65. The van der Waals surface area contributed by atoms with Crippen LogP contribution in [-0.2, 0) is 4.74 Å². The predicted octanol–water partition coefficient (Wildman–Crippen LogP) is 3.14. The Bertz CT molecular complexity index is 673. The van der Waals surface area contributed by atoms with Crippen molar-refractivity contribution in [2.75, 3.05) is 0 Å². The maximum atomic E-state index is 12.3. The third-order valence-electron chi connectivity index (χ3n) is 3.04. The number of nitrogens with zero attached hydrogens (tertiary/aromatic N) is 1. The average Bonchev–Trinajstić information content (AvgIpc) is 2.90. The van der Waals surface area contributed by atoms with E-state index in [1.807, 2.05) is 18.2 Å². The largest absolute Gasteiger partial charge is 0.433 e. The Morgan fingerprint density at radius 1 is 1.10 bits per heavy atom. The molecule has 0 saturated carbocycles. The van der Waals surface area contributed by atoms with Crippen LogP contribution in [0.25, 0.3) is 0 Å². The minimum absolute atomic E-state index is 0.345. The molecule has 1 aliphatic rings. The van der Waals surface area contributed by atoms with Gasteiger partial charge in [-0.1, -0.05) is 41.9 Å². The molecule has 2 aromatic carbocycles. The summed E-state index contributed by atoms with van der Waals surface area (Å²) in [6.07, 6.45) is -1.40. The number of benzene rings is 2. The van der Waals surface area contributed by atoms with Gasteiger partial charge in [0.15, 0.2) is 6.23 Å². The minimum atomic E-state index is -0.733. The first-order chi connectivity index (χ1) is 10.1. The summed E-state index contributed by atoms with van der Waals surface area (Å²) >= 11 is 5.78. The summed E-state index contributed by atoms with van der Waals surface area (Å²) < 4.78 is 5.16. The van der Waals surface area contributed by atoms with Gasteiger partial charge in [-0.3, -0.25) is 4.79 Å². The van der Waals surface area contributed by atoms with E-state index in [1.165, 1.54) is 0 Å². The lowest BCUT2D eigenvalue weighted by Gasteiger charge is -2.12. The van der Waals surface area contributed by atoms with Gasteiger partial charge >= 0.3 is 6.09 Å². The molecule has 0 spiro atoms. The molecule has 0 aromatic heterocycles. The zero-order valence-corrected chi connectivity index (χ0v) is 11.6. The molecule has 1 saturated heterocycles. The molecule has 1 heterocycles. The SMILES string of the molecule is O=C1OC(c2ccccc2)NN1C(=O)c1ccc(Cl)cc1. The molecule has 0 bridgehead atoms. The number of nitrogens with one attached hydrogen (secondary N) is 1. The van der Waals surface area contributed by atoms with E-state index in [1.54, 1.807) is 36.4 Å². The normalized spacial score (nSPS) is 17.7. The van der Waals surface area contributed by atoms with Crippen LogP contribution in [0.3, 0.4) is 0 Å². The van der Waals surface area contributed by atoms with Crippen LogP contribution >= 0.6 is 11.6 Å². The van der Waals surface area contributed by atoms with E-state index in [4.69, 9.17) is 16.3 Å². The van der Waals surface area contributed by atoms with E-state index in [2.05, 4.69) is 5.43 Å². The van der Waals surface area contributed by atoms with E-state index in [9.17, 15) is 9.59 Å². The van der Waals surface area contributed by atoms with E-state index in [0.717, 1.165) is 10.6 Å². The number of ether oxygens (including phenoxy) is 1. The summed E-state index contributed by atoms with van der Waals surface area (Å²) in [5.41, 5.74) is 3.86. The van der Waals surface area contributed by atoms with Gasteiger partial charge in [-0.15, -0.1) is 0 Å². The number of amides is 2. The fraction of sp³-hybridized carbons (Fsp3) is 0.0667. The standard InChI is InChI=1S/C15H11ClN2O3/c16-12-8-6-11(7-9-12)14(19)18-15(20)21-13(17-18)10-4-2-1-3-5-10/h1-9,13,17H. The van der Waals surface area contributed by atoms with Crippen molar-refractivity contribution in [2.24, 2.45) is 0 Å². The number of hydrogen-bond donors (Lipinski definition) is 1. The summed E-state index contributed by atoms with van der Waals surface area (Å²) in [7, 11) is 0. The molecule has 2 amide bonds. The van der Waals surface area contributed by atoms with Crippen molar-refractivity contribution in [3.05, 3.63) is 70.7 Å². The molecule has 1 N–H and O–H groups in total. The molecule has 6 heteroatoms. The van der Waals surface area contributed by atoms with Crippen LogP contribution in [0.4, 0.5) is 4.79 Å². The van der Waals surface area contributed by atoms with Gasteiger partial charge in [0.05, 0.1) is 0 Å². The number of cyclic esters (lactones) is 1. The van der Waals surface area contributed by atoms with E-state index in [0.29, 0.717) is 10.6 Å². The molecular weight excluding hydrogens is 292 g/mol. The van der Waals surface area contributed by atoms with Crippen molar-refractivity contribution in [3.8, 4) is 0 Å². The van der Waals surface area contributed by atoms with Crippen LogP contribution in [-0.4, -0.2) is 17.0 Å². The molecule has 1 fully saturated rings. The number of carbonyl (C=O) groups excluding carboxylic acids is 2. The lowest BCUT2D eigenvalue weighted by atomic mass is 10.2. The van der Waals surface area contributed by atoms with Gasteiger partial charge in [0, 0.05) is 16.1 Å². The van der Waals surface area contributed by atoms with Gasteiger partial charge in [-0.25, -0.2) is 4.79 Å². The Balaban J connectivity index is 1.79. The monoisotopic (exact) mass is 302 g/mol. The van der Waals surface area contributed by atoms with Crippen molar-refractivity contribution in [1.29, 1.82) is 0 Å². The van der Waals surface area contributed by atoms with Crippen LogP contribution in [0.5, 0.6) is 0 Å². The number of rotatable bonds is 2. The van der Waals surface area contributed by atoms with Crippen LogP contribution in [0.15, 0.2) is 54.6 Å². The Kier molecular flexibility index (Phi) is 3.60. The predicted molar refractivity (Wildman–Crippen MR) is 76.4 cm³/mol. The van der Waals surface area contributed by atoms with Crippen LogP contribution in [0, 0.1) is 0 Å². The quantitative estimate of drug-likeness (QED) is 0.926. The number of carbonyl (C=O) groups is 2. The number of hydrazine groups is 1. The van der Waals surface area contributed by atoms with Crippen molar-refractivity contribution in [1.82, 2.24) is 10.4 Å². The molecule has 0 aliphatic carbocycles. The Morgan fingerprint density at radius 3 is 2.43 bits per heavy atom. The Labute approximate surface area is 126 Å². The van der Waals surface area contributed by atoms with Gasteiger partial charge in [0.25, 0.3) is 5.91 Å². The highest BCUT2D eigenvalue weighted by molar-refractivity contribution is 6.30. The Morgan fingerprint density at radius 2 is 1.76 bits per heavy atom. The fourth-order valence-corrected chi connectivity index (χ4v) is 2.11. The van der Waals surface area contributed by atoms with Gasteiger partial charge < -0.3 is 4.74 Å². The maximum absolute atomic E-state index is 12.3. The maximum Gasteiger partial charge on any atom is 0.433 e. The topological polar surface area (TPSA) is 58.6 Å². The molecule has 5 nitrogen and oxygen atoms in total. The van der Waals surface area contributed by atoms with Crippen LogP contribution in [0.1, 0.15) is 22.1 Å². The highest BCUT2D eigenvalue weighted by Crippen LogP contribution is 2.22. The van der Waals surface area contributed by atoms with Crippen molar-refractivity contribution in [2.45, 2.75) is 6.23 Å². The molecular formula is C15H11ClN2O3. The molecule has 2 aromatic rings. The first-order valence-electron chi connectivity index (χ1n) is 6.27. The summed E-state index contributed by atoms with van der Waals surface area (Å²) in [5.74, 6) is -0.491. The molecule has 0 radical (unpaired) electrons. The third-order valence-corrected chi connectivity index (χ3v) is 3.30. The molecule has 21 heavy (non-hydrogen) atoms. The smallest absolute Gasteiger partial charge is 0.423 e. The van der Waals surface area contributed by atoms with Gasteiger partial charge in [0.1, 0.15) is 0 Å². The number of imide groups is 1. The number of halogens is 1. The van der Waals surface area contributed by atoms with Crippen LogP contribution < -0.4 is 5.43 Å². The second-order valence-electron chi connectivity index (χ2n) is 4.45. The minimum Gasteiger partial charge on any atom is -0.423 e. The fourth-order valence-electron chi connectivity index (χ4n) is 1.98. The van der Waals surface area contributed by atoms with Gasteiger partial charge in [0.2, 0.25) is 0 Å². The zero-order chi connectivity index (χ0) is 14.8. The lowest BCUT2D eigenvalue weighted by molar-refractivity contribution is 0.0760. The van der Waals surface area contributed by atoms with Gasteiger partial charge in [-0.05, 0) is 24.3 Å². The summed E-state index contributed by atoms with van der Waals surface area (Å²) in [6.45, 7) is 0. The second-order valence-corrected chi connectivity index (χ2v) is 4.89. The summed E-state index contributed by atoms with van der Waals surface area (Å²) in [4.78, 5) is 24.1. The summed E-state index contributed by atoms with van der Waals surface area (Å²) in [5, 5.41) is 1.38. The van der Waals surface area contributed by atoms with E-state index >= 15 is 0 Å². The summed E-state index contributed by atoms with van der Waals surface area (Å²) in [6, 6.07) is 15.4. The Hall–Kier alpha value is -2.37. The first kappa shape index (κ1) is 13.6. The highest BCUT2D eigenvalue weighted by atomic mass is 35.5. The highest BCUT2D eigenvalue weighted by Gasteiger charge is 2.36. The molecule has 1 aliphatic heterocycles. The van der Waals surface area contributed by atoms with E-state index < -0.39 is 18.2 Å². The average molecular weight is 303 g/mol. The van der Waals surface area contributed by atoms with Gasteiger partial charge in [-0.2, -0.15) is 10.4 Å². The molecule has 106 valence electrons. The number of hydrogen-bond acceptors (Lipinski definition) is 4. The third kappa shape index (κ3) is 2.74. The van der Waals surface area contributed by atoms with Crippen LogP contribution in [0.2, 0.25) is 5.02 Å². The van der Waals surface area contributed by atoms with E-state index in [-0.39, 0.29) is 0 Å².